The highest BCUT2D eigenvalue weighted by Crippen LogP contribution is 2.41. The van der Waals surface area contributed by atoms with E-state index in [1.54, 1.807) is 6.20 Å². The fourth-order valence-electron chi connectivity index (χ4n) is 4.65. The van der Waals surface area contributed by atoms with E-state index in [1.807, 2.05) is 72.2 Å². The molecule has 1 saturated carbocycles. The lowest BCUT2D eigenvalue weighted by atomic mass is 10.0. The van der Waals surface area contributed by atoms with Gasteiger partial charge < -0.3 is 14.2 Å². The number of aryl methyl sites for hydroxylation is 2. The predicted molar refractivity (Wildman–Crippen MR) is 110 cm³/mol. The molecule has 148 valence electrons. The molecule has 2 aliphatic rings. The summed E-state index contributed by atoms with van der Waals surface area (Å²) in [5.41, 5.74) is 2.67. The molecule has 1 amide bonds. The number of carbonyl (C=O) groups is 1. The van der Waals surface area contributed by atoms with Crippen LogP contribution >= 0.6 is 0 Å². The monoisotopic (exact) mass is 388 g/mol. The Labute approximate surface area is 170 Å². The van der Waals surface area contributed by atoms with Crippen LogP contribution in [-0.2, 0) is 7.05 Å². The molecule has 0 spiro atoms. The molecule has 2 aromatic heterocycles. The van der Waals surface area contributed by atoms with Crippen molar-refractivity contribution >= 4 is 5.91 Å². The average Bonchev–Trinajstić information content (AvgIpc) is 3.45. The first-order valence-corrected chi connectivity index (χ1v) is 10.1. The van der Waals surface area contributed by atoms with Gasteiger partial charge in [0.1, 0.15) is 11.9 Å². The summed E-state index contributed by atoms with van der Waals surface area (Å²) in [7, 11) is 1.94. The minimum atomic E-state index is -0.00627. The van der Waals surface area contributed by atoms with Gasteiger partial charge >= 0.3 is 0 Å². The summed E-state index contributed by atoms with van der Waals surface area (Å²) in [6.07, 6.45) is 7.43. The van der Waals surface area contributed by atoms with Crippen LogP contribution in [0, 0.1) is 12.8 Å². The van der Waals surface area contributed by atoms with Gasteiger partial charge in [0.05, 0.1) is 11.6 Å². The summed E-state index contributed by atoms with van der Waals surface area (Å²) in [6, 6.07) is 11.7. The number of piperidine rings is 1. The molecule has 2 fully saturated rings. The zero-order valence-electron chi connectivity index (χ0n) is 16.7. The smallest absolute Gasteiger partial charge is 0.254 e. The van der Waals surface area contributed by atoms with Crippen molar-refractivity contribution in [1.29, 1.82) is 0 Å². The van der Waals surface area contributed by atoms with Gasteiger partial charge in [-0.25, -0.2) is 9.97 Å². The second kappa shape index (κ2) is 7.03. The van der Waals surface area contributed by atoms with Crippen molar-refractivity contribution in [3.63, 3.8) is 0 Å². The third-order valence-corrected chi connectivity index (χ3v) is 6.06. The van der Waals surface area contributed by atoms with Gasteiger partial charge in [0.15, 0.2) is 0 Å². The Bertz CT molecular complexity index is 1040. The first-order chi connectivity index (χ1) is 14.1. The Morgan fingerprint density at radius 2 is 2.00 bits per heavy atom. The number of rotatable bonds is 4. The van der Waals surface area contributed by atoms with Crippen LogP contribution in [-0.4, -0.2) is 44.0 Å². The van der Waals surface area contributed by atoms with Gasteiger partial charge in [-0.15, -0.1) is 0 Å². The van der Waals surface area contributed by atoms with Crippen LogP contribution in [0.3, 0.4) is 0 Å². The van der Waals surface area contributed by atoms with Crippen molar-refractivity contribution in [3.05, 3.63) is 66.1 Å². The topological polar surface area (TPSA) is 60.2 Å². The molecule has 2 bridgehead atoms. The first-order valence-electron chi connectivity index (χ1n) is 10.1. The minimum Gasteiger partial charge on any atom is -0.472 e. The maximum atomic E-state index is 13.5. The highest BCUT2D eigenvalue weighted by atomic mass is 16.5. The molecule has 0 radical (unpaired) electrons. The number of nitrogens with zero attached hydrogens (tertiary/aromatic N) is 4. The fourth-order valence-corrected chi connectivity index (χ4v) is 4.65. The Balaban J connectivity index is 1.40. The van der Waals surface area contributed by atoms with Crippen LogP contribution in [0.25, 0.3) is 11.4 Å². The third kappa shape index (κ3) is 3.18. The third-order valence-electron chi connectivity index (χ3n) is 6.06. The first kappa shape index (κ1) is 17.9. The van der Waals surface area contributed by atoms with Crippen LogP contribution < -0.4 is 4.74 Å². The largest absolute Gasteiger partial charge is 0.472 e. The Hall–Kier alpha value is -3.15. The number of amides is 1. The van der Waals surface area contributed by atoms with Gasteiger partial charge in [-0.05, 0) is 37.3 Å². The lowest BCUT2D eigenvalue weighted by Gasteiger charge is -2.33. The summed E-state index contributed by atoms with van der Waals surface area (Å²) >= 11 is 0. The Kier molecular flexibility index (Phi) is 4.34. The number of aromatic nitrogens is 3. The molecule has 1 aliphatic carbocycles. The minimum absolute atomic E-state index is 0.00627. The van der Waals surface area contributed by atoms with Crippen LogP contribution in [0.2, 0.25) is 0 Å². The van der Waals surface area contributed by atoms with Gasteiger partial charge in [0.2, 0.25) is 5.88 Å². The number of imidazole rings is 1. The number of carbonyl (C=O) groups excluding carboxylic acids is 1. The van der Waals surface area contributed by atoms with E-state index in [4.69, 9.17) is 4.74 Å². The summed E-state index contributed by atoms with van der Waals surface area (Å²) in [4.78, 5) is 24.3. The van der Waals surface area contributed by atoms with Crippen LogP contribution in [0.15, 0.2) is 55.0 Å². The van der Waals surface area contributed by atoms with Gasteiger partial charge in [-0.2, -0.15) is 0 Å². The number of ether oxygens (including phenoxy) is 1. The van der Waals surface area contributed by atoms with E-state index in [-0.39, 0.29) is 18.1 Å². The zero-order chi connectivity index (χ0) is 20.0. The van der Waals surface area contributed by atoms with Gasteiger partial charge in [0.25, 0.3) is 5.91 Å². The van der Waals surface area contributed by atoms with E-state index < -0.39 is 0 Å². The average molecular weight is 388 g/mol. The number of pyridine rings is 1. The molecule has 0 N–H and O–H groups in total. The van der Waals surface area contributed by atoms with Crippen LogP contribution in [0.1, 0.15) is 28.8 Å². The Morgan fingerprint density at radius 3 is 2.72 bits per heavy atom. The van der Waals surface area contributed by atoms with Crippen molar-refractivity contribution in [2.24, 2.45) is 13.0 Å². The molecule has 1 aromatic carbocycles. The molecule has 1 aliphatic heterocycles. The van der Waals surface area contributed by atoms with Crippen molar-refractivity contribution in [2.45, 2.75) is 31.9 Å². The molecular weight excluding hydrogens is 364 g/mol. The molecule has 5 rings (SSSR count). The highest BCUT2D eigenvalue weighted by molar-refractivity contribution is 6.00. The molecule has 3 atom stereocenters. The van der Waals surface area contributed by atoms with Crippen molar-refractivity contribution in [2.75, 3.05) is 6.54 Å². The highest BCUT2D eigenvalue weighted by Gasteiger charge is 2.48. The second-order valence-electron chi connectivity index (χ2n) is 8.10. The van der Waals surface area contributed by atoms with Crippen LogP contribution in [0.5, 0.6) is 5.88 Å². The fraction of sp³-hybridized carbons (Fsp3) is 0.348. The standard InChI is InChI=1S/C23H24N4O2/c1-15-7-8-21(25-13-15)29-20-12-16-11-19(20)27(14-16)23(28)18-6-4-3-5-17(18)22-24-9-10-26(22)2/h3-10,13,16,19-20H,11-12,14H2,1-2H3. The normalized spacial score (nSPS) is 22.8. The maximum Gasteiger partial charge on any atom is 0.254 e. The van der Waals surface area contributed by atoms with Gasteiger partial charge in [-0.3, -0.25) is 4.79 Å². The summed E-state index contributed by atoms with van der Waals surface area (Å²) in [6.45, 7) is 2.80. The van der Waals surface area contributed by atoms with Crippen LogP contribution in [0.4, 0.5) is 0 Å². The van der Waals surface area contributed by atoms with E-state index in [9.17, 15) is 4.79 Å². The van der Waals surface area contributed by atoms with Gasteiger partial charge in [-0.1, -0.05) is 24.3 Å². The van der Waals surface area contributed by atoms with Crippen molar-refractivity contribution in [1.82, 2.24) is 19.4 Å². The molecule has 6 heteroatoms. The van der Waals surface area contributed by atoms with E-state index in [0.717, 1.165) is 36.3 Å². The molecule has 6 nitrogen and oxygen atoms in total. The summed E-state index contributed by atoms with van der Waals surface area (Å²) in [5, 5.41) is 0. The zero-order valence-corrected chi connectivity index (χ0v) is 16.7. The summed E-state index contributed by atoms with van der Waals surface area (Å²) < 4.78 is 8.12. The van der Waals surface area contributed by atoms with E-state index in [0.29, 0.717) is 17.4 Å². The lowest BCUT2D eigenvalue weighted by molar-refractivity contribution is 0.0467. The number of fused-ring (bicyclic) bond motifs is 2. The number of benzene rings is 1. The van der Waals surface area contributed by atoms with Crippen molar-refractivity contribution in [3.8, 4) is 17.3 Å². The SMILES string of the molecule is Cc1ccc(OC2CC3CC2N(C(=O)c2ccccc2-c2nccn2C)C3)nc1. The van der Waals surface area contributed by atoms with E-state index >= 15 is 0 Å². The quantitative estimate of drug-likeness (QED) is 0.687. The van der Waals surface area contributed by atoms with Crippen molar-refractivity contribution < 1.29 is 9.53 Å². The number of likely N-dealkylation sites (tertiary alicyclic amines) is 1. The molecular formula is C23H24N4O2. The Morgan fingerprint density at radius 1 is 1.14 bits per heavy atom. The molecule has 3 aromatic rings. The summed E-state index contributed by atoms with van der Waals surface area (Å²) in [5.74, 6) is 1.98. The molecule has 29 heavy (non-hydrogen) atoms. The second-order valence-corrected chi connectivity index (χ2v) is 8.10. The van der Waals surface area contributed by atoms with E-state index in [2.05, 4.69) is 9.97 Å². The molecule has 3 heterocycles. The molecule has 3 unspecified atom stereocenters. The molecule has 1 saturated heterocycles. The maximum absolute atomic E-state index is 13.5. The van der Waals surface area contributed by atoms with Gasteiger partial charge in [0, 0.05) is 43.8 Å². The number of hydrogen-bond donors (Lipinski definition) is 0. The number of hydrogen-bond acceptors (Lipinski definition) is 4. The lowest BCUT2D eigenvalue weighted by Crippen LogP contribution is -2.47. The predicted octanol–water partition coefficient (Wildman–Crippen LogP) is 3.47. The van der Waals surface area contributed by atoms with E-state index in [1.165, 1.54) is 0 Å².